The first-order valence-electron chi connectivity index (χ1n) is 4.92. The second kappa shape index (κ2) is 4.93. The first kappa shape index (κ1) is 12.8. The van der Waals surface area contributed by atoms with Crippen LogP contribution in [0.15, 0.2) is 22.7 Å². The van der Waals surface area contributed by atoms with Gasteiger partial charge in [0.25, 0.3) is 5.89 Å². The molecule has 0 amide bonds. The predicted molar refractivity (Wildman–Crippen MR) is 57.0 cm³/mol. The molecule has 2 aromatic heterocycles. The van der Waals surface area contributed by atoms with Gasteiger partial charge in [0.15, 0.2) is 0 Å². The van der Waals surface area contributed by atoms with Gasteiger partial charge in [-0.15, -0.1) is 21.8 Å². The van der Waals surface area contributed by atoms with Gasteiger partial charge in [0, 0.05) is 18.5 Å². The number of hydrogen-bond acceptors (Lipinski definition) is 4. The number of rotatable bonds is 3. The molecule has 0 atom stereocenters. The molecule has 0 aliphatic heterocycles. The number of pyridine rings is 1. The van der Waals surface area contributed by atoms with Crippen molar-refractivity contribution in [3.63, 3.8) is 0 Å². The molecular formula is C10H7ClF3N3O. The Hall–Kier alpha value is -1.63. The largest absolute Gasteiger partial charge is 0.419 e. The lowest BCUT2D eigenvalue weighted by Gasteiger charge is -2.05. The van der Waals surface area contributed by atoms with Crippen molar-refractivity contribution in [2.24, 2.45) is 0 Å². The Balaban J connectivity index is 2.23. The van der Waals surface area contributed by atoms with E-state index in [2.05, 4.69) is 15.2 Å². The third-order valence-corrected chi connectivity index (χ3v) is 2.27. The fourth-order valence-corrected chi connectivity index (χ4v) is 1.39. The third kappa shape index (κ3) is 2.79. The van der Waals surface area contributed by atoms with Gasteiger partial charge in [-0.3, -0.25) is 4.98 Å². The zero-order valence-corrected chi connectivity index (χ0v) is 9.66. The van der Waals surface area contributed by atoms with E-state index < -0.39 is 11.7 Å². The molecule has 0 saturated carbocycles. The Labute approximate surface area is 105 Å². The highest BCUT2D eigenvalue weighted by Crippen LogP contribution is 2.29. The van der Waals surface area contributed by atoms with Crippen LogP contribution >= 0.6 is 11.6 Å². The summed E-state index contributed by atoms with van der Waals surface area (Å²) in [5.41, 5.74) is -0.636. The molecule has 0 aliphatic carbocycles. The summed E-state index contributed by atoms with van der Waals surface area (Å²) in [6.45, 7) is 0. The molecule has 0 spiro atoms. The molecule has 0 bridgehead atoms. The smallest absolute Gasteiger partial charge is 0.417 e. The van der Waals surface area contributed by atoms with Gasteiger partial charge < -0.3 is 4.42 Å². The Bertz CT molecular complexity index is 524. The summed E-state index contributed by atoms with van der Waals surface area (Å²) in [6.07, 6.45) is -3.29. The number of halogens is 4. The Morgan fingerprint density at radius 3 is 2.56 bits per heavy atom. The molecule has 18 heavy (non-hydrogen) atoms. The van der Waals surface area contributed by atoms with Crippen molar-refractivity contribution in [2.75, 3.05) is 5.88 Å². The lowest BCUT2D eigenvalue weighted by molar-refractivity contribution is -0.137. The van der Waals surface area contributed by atoms with Gasteiger partial charge >= 0.3 is 6.18 Å². The Morgan fingerprint density at radius 2 is 2.00 bits per heavy atom. The Kier molecular flexibility index (Phi) is 3.51. The number of aryl methyl sites for hydroxylation is 1. The predicted octanol–water partition coefficient (Wildman–Crippen LogP) is 2.93. The number of alkyl halides is 4. The summed E-state index contributed by atoms with van der Waals surface area (Å²) in [6, 6.07) is 2.09. The van der Waals surface area contributed by atoms with Gasteiger partial charge in [0.2, 0.25) is 5.89 Å². The lowest BCUT2D eigenvalue weighted by Crippen LogP contribution is -2.05. The van der Waals surface area contributed by atoms with E-state index >= 15 is 0 Å². The first-order valence-corrected chi connectivity index (χ1v) is 5.46. The molecular weight excluding hydrogens is 271 g/mol. The molecule has 0 fully saturated rings. The molecule has 0 radical (unpaired) electrons. The first-order chi connectivity index (χ1) is 8.50. The molecule has 2 rings (SSSR count). The molecule has 2 aromatic rings. The topological polar surface area (TPSA) is 51.8 Å². The second-order valence-electron chi connectivity index (χ2n) is 3.37. The summed E-state index contributed by atoms with van der Waals surface area (Å²) >= 11 is 5.49. The third-order valence-electron chi connectivity index (χ3n) is 2.09. The van der Waals surface area contributed by atoms with Crippen molar-refractivity contribution >= 4 is 11.6 Å². The molecule has 4 nitrogen and oxygen atoms in total. The van der Waals surface area contributed by atoms with Crippen molar-refractivity contribution in [1.29, 1.82) is 0 Å². The second-order valence-corrected chi connectivity index (χ2v) is 3.75. The van der Waals surface area contributed by atoms with E-state index in [-0.39, 0.29) is 11.6 Å². The van der Waals surface area contributed by atoms with Crippen molar-refractivity contribution in [3.05, 3.63) is 29.8 Å². The van der Waals surface area contributed by atoms with E-state index in [1.54, 1.807) is 0 Å². The maximum absolute atomic E-state index is 12.3. The number of nitrogens with zero attached hydrogens (tertiary/aromatic N) is 3. The van der Waals surface area contributed by atoms with Gasteiger partial charge in [-0.05, 0) is 12.1 Å². The van der Waals surface area contributed by atoms with Crippen LogP contribution in [0.2, 0.25) is 0 Å². The van der Waals surface area contributed by atoms with E-state index in [9.17, 15) is 13.2 Å². The molecule has 0 aromatic carbocycles. The van der Waals surface area contributed by atoms with Crippen LogP contribution in [0.4, 0.5) is 13.2 Å². The maximum atomic E-state index is 12.3. The summed E-state index contributed by atoms with van der Waals surface area (Å²) < 4.78 is 42.1. The van der Waals surface area contributed by atoms with Gasteiger partial charge in [-0.25, -0.2) is 0 Å². The molecule has 0 N–H and O–H groups in total. The Morgan fingerprint density at radius 1 is 1.22 bits per heavy atom. The number of hydrogen-bond donors (Lipinski definition) is 0. The van der Waals surface area contributed by atoms with Crippen LogP contribution in [0.1, 0.15) is 11.5 Å². The lowest BCUT2D eigenvalue weighted by atomic mass is 10.2. The van der Waals surface area contributed by atoms with Crippen LogP contribution < -0.4 is 0 Å². The average Bonchev–Trinajstić information content (AvgIpc) is 2.77. The molecule has 2 heterocycles. The van der Waals surface area contributed by atoms with E-state index in [1.807, 2.05) is 0 Å². The zero-order valence-electron chi connectivity index (χ0n) is 8.91. The molecule has 0 saturated heterocycles. The van der Waals surface area contributed by atoms with Crippen LogP contribution in [0.25, 0.3) is 11.6 Å². The molecule has 96 valence electrons. The SMILES string of the molecule is FC(F)(F)c1ccc(-c2nnc(CCCl)o2)nc1. The quantitative estimate of drug-likeness (QED) is 0.810. The van der Waals surface area contributed by atoms with Crippen molar-refractivity contribution in [1.82, 2.24) is 15.2 Å². The summed E-state index contributed by atoms with van der Waals surface area (Å²) in [7, 11) is 0. The van der Waals surface area contributed by atoms with E-state index in [1.165, 1.54) is 6.07 Å². The highest BCUT2D eigenvalue weighted by atomic mass is 35.5. The van der Waals surface area contributed by atoms with Crippen LogP contribution in [0, 0.1) is 0 Å². The molecule has 0 unspecified atom stereocenters. The van der Waals surface area contributed by atoms with Gasteiger partial charge in [-0.2, -0.15) is 13.2 Å². The standard InChI is InChI=1S/C10H7ClF3N3O/c11-4-3-8-16-17-9(18-8)7-2-1-6(5-15-7)10(12,13)14/h1-2,5H,3-4H2. The normalized spacial score (nSPS) is 11.8. The van der Waals surface area contributed by atoms with E-state index in [0.29, 0.717) is 18.2 Å². The minimum Gasteiger partial charge on any atom is -0.419 e. The molecule has 0 aliphatic rings. The minimum atomic E-state index is -4.41. The maximum Gasteiger partial charge on any atom is 0.417 e. The van der Waals surface area contributed by atoms with E-state index in [4.69, 9.17) is 16.0 Å². The fourth-order valence-electron chi connectivity index (χ4n) is 1.23. The highest BCUT2D eigenvalue weighted by Gasteiger charge is 2.30. The van der Waals surface area contributed by atoms with Gasteiger partial charge in [-0.1, -0.05) is 0 Å². The van der Waals surface area contributed by atoms with E-state index in [0.717, 1.165) is 12.3 Å². The number of aromatic nitrogens is 3. The van der Waals surface area contributed by atoms with Gasteiger partial charge in [0.1, 0.15) is 5.69 Å². The average molecular weight is 278 g/mol. The van der Waals surface area contributed by atoms with Crippen LogP contribution in [-0.2, 0) is 12.6 Å². The monoisotopic (exact) mass is 277 g/mol. The molecule has 8 heteroatoms. The van der Waals surface area contributed by atoms with Crippen LogP contribution in [0.5, 0.6) is 0 Å². The van der Waals surface area contributed by atoms with Crippen LogP contribution in [0.3, 0.4) is 0 Å². The van der Waals surface area contributed by atoms with Crippen molar-refractivity contribution < 1.29 is 17.6 Å². The minimum absolute atomic E-state index is 0.0730. The summed E-state index contributed by atoms with van der Waals surface area (Å²) in [4.78, 5) is 3.64. The summed E-state index contributed by atoms with van der Waals surface area (Å²) in [5, 5.41) is 7.37. The van der Waals surface area contributed by atoms with Gasteiger partial charge in [0.05, 0.1) is 5.56 Å². The summed E-state index contributed by atoms with van der Waals surface area (Å²) in [5.74, 6) is 0.716. The van der Waals surface area contributed by atoms with Crippen LogP contribution in [-0.4, -0.2) is 21.1 Å². The fraction of sp³-hybridized carbons (Fsp3) is 0.300. The highest BCUT2D eigenvalue weighted by molar-refractivity contribution is 6.17. The zero-order chi connectivity index (χ0) is 13.2. The van der Waals surface area contributed by atoms with Crippen molar-refractivity contribution in [2.45, 2.75) is 12.6 Å². The van der Waals surface area contributed by atoms with Crippen molar-refractivity contribution in [3.8, 4) is 11.6 Å².